The lowest BCUT2D eigenvalue weighted by Gasteiger charge is -2.33. The molecule has 0 aliphatic carbocycles. The Bertz CT molecular complexity index is 697. The summed E-state index contributed by atoms with van der Waals surface area (Å²) >= 11 is 1.86. The molecule has 150 valence electrons. The summed E-state index contributed by atoms with van der Waals surface area (Å²) in [5, 5.41) is 5.76. The molecule has 0 bridgehead atoms. The highest BCUT2D eigenvalue weighted by Gasteiger charge is 2.21. The van der Waals surface area contributed by atoms with E-state index in [1.54, 1.807) is 0 Å². The van der Waals surface area contributed by atoms with Crippen molar-refractivity contribution in [1.29, 1.82) is 0 Å². The molecule has 1 fully saturated rings. The largest absolute Gasteiger partial charge is 0.356 e. The van der Waals surface area contributed by atoms with Gasteiger partial charge in [-0.2, -0.15) is 0 Å². The van der Waals surface area contributed by atoms with Gasteiger partial charge in [0, 0.05) is 57.5 Å². The van der Waals surface area contributed by atoms with Gasteiger partial charge in [-0.25, -0.2) is 0 Å². The number of hydrogen-bond acceptors (Lipinski definition) is 3. The molecule has 2 aromatic rings. The van der Waals surface area contributed by atoms with Gasteiger partial charge in [-0.05, 0) is 48.9 Å². The first-order valence-electron chi connectivity index (χ1n) is 9.42. The van der Waals surface area contributed by atoms with Crippen molar-refractivity contribution >= 4 is 41.3 Å². The second kappa shape index (κ2) is 11.1. The predicted octanol–water partition coefficient (Wildman–Crippen LogP) is 3.62. The Hall–Kier alpha value is -1.06. The van der Waals surface area contributed by atoms with E-state index >= 15 is 0 Å². The number of aryl methyl sites for hydroxylation is 1. The summed E-state index contributed by atoms with van der Waals surface area (Å²) in [6.45, 7) is 5.33. The highest BCUT2D eigenvalue weighted by atomic mass is 127. The first-order chi connectivity index (χ1) is 12.7. The first-order valence-corrected chi connectivity index (χ1v) is 10.3. The van der Waals surface area contributed by atoms with Crippen LogP contribution < -0.4 is 5.32 Å². The summed E-state index contributed by atoms with van der Waals surface area (Å²) < 4.78 is 2.16. The SMILES string of the molecule is CN=C(NCC1CCCN(Cc2cccs2)C1)N(C)Cc1cccn1C.I. The molecule has 0 saturated carbocycles. The number of thiophene rings is 1. The Morgan fingerprint density at radius 2 is 2.22 bits per heavy atom. The van der Waals surface area contributed by atoms with Crippen LogP contribution in [0.3, 0.4) is 0 Å². The molecule has 0 spiro atoms. The Morgan fingerprint density at radius 3 is 2.89 bits per heavy atom. The van der Waals surface area contributed by atoms with Crippen LogP contribution in [0.4, 0.5) is 0 Å². The van der Waals surface area contributed by atoms with Crippen LogP contribution in [0.15, 0.2) is 40.8 Å². The quantitative estimate of drug-likeness (QED) is 0.373. The van der Waals surface area contributed by atoms with Crippen LogP contribution in [0.2, 0.25) is 0 Å². The highest BCUT2D eigenvalue weighted by molar-refractivity contribution is 14.0. The fourth-order valence-corrected chi connectivity index (χ4v) is 4.43. The lowest BCUT2D eigenvalue weighted by molar-refractivity contribution is 0.169. The van der Waals surface area contributed by atoms with Gasteiger partial charge < -0.3 is 14.8 Å². The molecule has 0 radical (unpaired) electrons. The van der Waals surface area contributed by atoms with Crippen molar-refractivity contribution in [2.24, 2.45) is 18.0 Å². The first kappa shape index (κ1) is 22.2. The zero-order valence-electron chi connectivity index (χ0n) is 16.6. The molecule has 3 heterocycles. The van der Waals surface area contributed by atoms with Gasteiger partial charge in [-0.1, -0.05) is 6.07 Å². The van der Waals surface area contributed by atoms with Gasteiger partial charge >= 0.3 is 0 Å². The third kappa shape index (κ3) is 6.50. The second-order valence-electron chi connectivity index (χ2n) is 7.22. The number of aliphatic imine (C=N–C) groups is 1. The van der Waals surface area contributed by atoms with E-state index in [1.165, 1.54) is 36.5 Å². The normalized spacial score (nSPS) is 18.2. The fraction of sp³-hybridized carbons (Fsp3) is 0.550. The molecule has 7 heteroatoms. The third-order valence-corrected chi connectivity index (χ3v) is 6.00. The molecule has 0 aromatic carbocycles. The molecule has 1 N–H and O–H groups in total. The molecule has 1 unspecified atom stereocenters. The minimum atomic E-state index is 0. The molecular weight excluding hydrogens is 469 g/mol. The average Bonchev–Trinajstić information content (AvgIpc) is 3.28. The summed E-state index contributed by atoms with van der Waals surface area (Å²) in [5.41, 5.74) is 1.29. The van der Waals surface area contributed by atoms with Crippen LogP contribution in [0.5, 0.6) is 0 Å². The minimum absolute atomic E-state index is 0. The van der Waals surface area contributed by atoms with Crippen LogP contribution in [0, 0.1) is 5.92 Å². The van der Waals surface area contributed by atoms with Crippen LogP contribution >= 0.6 is 35.3 Å². The Balaban J connectivity index is 0.00000261. The summed E-state index contributed by atoms with van der Waals surface area (Å²) in [5.74, 6) is 1.66. The summed E-state index contributed by atoms with van der Waals surface area (Å²) in [6.07, 6.45) is 4.67. The van der Waals surface area contributed by atoms with Crippen molar-refractivity contribution in [2.75, 3.05) is 33.7 Å². The Kier molecular flexibility index (Phi) is 9.11. The second-order valence-corrected chi connectivity index (χ2v) is 8.25. The van der Waals surface area contributed by atoms with Crippen molar-refractivity contribution in [3.8, 4) is 0 Å². The standard InChI is InChI=1S/C20H31N5S.HI/c1-21-20(24(3)15-18-8-5-10-23(18)2)22-13-17-7-4-11-25(14-17)16-19-9-6-12-26-19;/h5-6,8-10,12,17H,4,7,11,13-16H2,1-3H3,(H,21,22);1H. The van der Waals surface area contributed by atoms with Crippen molar-refractivity contribution in [2.45, 2.75) is 25.9 Å². The van der Waals surface area contributed by atoms with Gasteiger partial charge in [0.05, 0.1) is 6.54 Å². The lowest BCUT2D eigenvalue weighted by Crippen LogP contribution is -2.44. The molecule has 0 amide bonds. The number of aromatic nitrogens is 1. The van der Waals surface area contributed by atoms with E-state index in [2.05, 4.69) is 74.6 Å². The molecule has 1 aliphatic heterocycles. The van der Waals surface area contributed by atoms with Crippen LogP contribution in [-0.4, -0.2) is 54.1 Å². The van der Waals surface area contributed by atoms with E-state index in [9.17, 15) is 0 Å². The van der Waals surface area contributed by atoms with Crippen molar-refractivity contribution < 1.29 is 0 Å². The maximum atomic E-state index is 4.47. The topological polar surface area (TPSA) is 35.8 Å². The molecule has 1 aliphatic rings. The summed E-state index contributed by atoms with van der Waals surface area (Å²) in [6, 6.07) is 8.64. The molecule has 1 saturated heterocycles. The zero-order chi connectivity index (χ0) is 18.4. The minimum Gasteiger partial charge on any atom is -0.356 e. The van der Waals surface area contributed by atoms with Crippen LogP contribution in [0.1, 0.15) is 23.4 Å². The number of piperidine rings is 1. The maximum Gasteiger partial charge on any atom is 0.193 e. The van der Waals surface area contributed by atoms with Crippen molar-refractivity contribution in [1.82, 2.24) is 19.7 Å². The average molecular weight is 501 g/mol. The van der Waals surface area contributed by atoms with E-state index in [-0.39, 0.29) is 24.0 Å². The number of hydrogen-bond donors (Lipinski definition) is 1. The number of halogens is 1. The van der Waals surface area contributed by atoms with Gasteiger partial charge in [-0.15, -0.1) is 35.3 Å². The predicted molar refractivity (Wildman–Crippen MR) is 126 cm³/mol. The van der Waals surface area contributed by atoms with Gasteiger partial charge in [0.2, 0.25) is 0 Å². The molecule has 2 aromatic heterocycles. The fourth-order valence-electron chi connectivity index (χ4n) is 3.68. The van der Waals surface area contributed by atoms with Gasteiger partial charge in [0.25, 0.3) is 0 Å². The van der Waals surface area contributed by atoms with E-state index in [0.717, 1.165) is 25.6 Å². The van der Waals surface area contributed by atoms with Gasteiger partial charge in [0.1, 0.15) is 0 Å². The molecule has 3 rings (SSSR count). The van der Waals surface area contributed by atoms with E-state index in [0.29, 0.717) is 5.92 Å². The van der Waals surface area contributed by atoms with Gasteiger partial charge in [-0.3, -0.25) is 9.89 Å². The van der Waals surface area contributed by atoms with Crippen molar-refractivity contribution in [3.05, 3.63) is 46.4 Å². The smallest absolute Gasteiger partial charge is 0.193 e. The van der Waals surface area contributed by atoms with Gasteiger partial charge in [0.15, 0.2) is 5.96 Å². The van der Waals surface area contributed by atoms with E-state index in [4.69, 9.17) is 0 Å². The summed E-state index contributed by atoms with van der Waals surface area (Å²) in [7, 11) is 6.06. The third-order valence-electron chi connectivity index (χ3n) is 5.14. The molecule has 27 heavy (non-hydrogen) atoms. The Labute approximate surface area is 184 Å². The number of nitrogens with zero attached hydrogens (tertiary/aromatic N) is 4. The maximum absolute atomic E-state index is 4.47. The lowest BCUT2D eigenvalue weighted by atomic mass is 9.98. The Morgan fingerprint density at radius 1 is 1.37 bits per heavy atom. The molecule has 5 nitrogen and oxygen atoms in total. The monoisotopic (exact) mass is 501 g/mol. The zero-order valence-corrected chi connectivity index (χ0v) is 19.7. The number of nitrogens with one attached hydrogen (secondary N) is 1. The number of rotatable bonds is 6. The molecule has 1 atom stereocenters. The van der Waals surface area contributed by atoms with Crippen LogP contribution in [-0.2, 0) is 20.1 Å². The number of likely N-dealkylation sites (tertiary alicyclic amines) is 1. The highest BCUT2D eigenvalue weighted by Crippen LogP contribution is 2.20. The van der Waals surface area contributed by atoms with Crippen molar-refractivity contribution in [3.63, 3.8) is 0 Å². The van der Waals surface area contributed by atoms with E-state index in [1.807, 2.05) is 18.4 Å². The number of guanidine groups is 1. The summed E-state index contributed by atoms with van der Waals surface area (Å²) in [4.78, 5) is 10.7. The van der Waals surface area contributed by atoms with Crippen LogP contribution in [0.25, 0.3) is 0 Å². The molecular formula is C20H32IN5S. The van der Waals surface area contributed by atoms with E-state index < -0.39 is 0 Å².